The Hall–Kier alpha value is -3.25. The van der Waals surface area contributed by atoms with Gasteiger partial charge in [-0.3, -0.25) is 4.79 Å². The highest BCUT2D eigenvalue weighted by Crippen LogP contribution is 2.30. The highest BCUT2D eigenvalue weighted by atomic mass is 32.2. The van der Waals surface area contributed by atoms with Crippen molar-refractivity contribution in [1.82, 2.24) is 25.2 Å². The van der Waals surface area contributed by atoms with Crippen LogP contribution in [0.25, 0.3) is 5.69 Å². The van der Waals surface area contributed by atoms with Crippen LogP contribution in [0.1, 0.15) is 21.6 Å². The molecule has 1 N–H and O–H groups in total. The molecular formula is C21H17F3N6OS2. The maximum absolute atomic E-state index is 12.9. The predicted octanol–water partition coefficient (Wildman–Crippen LogP) is 4.77. The fraction of sp³-hybridized carbons (Fsp3) is 0.190. The first-order valence-electron chi connectivity index (χ1n) is 9.67. The van der Waals surface area contributed by atoms with Crippen LogP contribution in [0.3, 0.4) is 0 Å². The number of halogens is 3. The molecule has 4 rings (SSSR count). The largest absolute Gasteiger partial charge is 0.416 e. The molecule has 33 heavy (non-hydrogen) atoms. The molecule has 2 aromatic heterocycles. The van der Waals surface area contributed by atoms with Gasteiger partial charge in [0.15, 0.2) is 5.13 Å². The number of nitrogens with zero attached hydrogens (tertiary/aromatic N) is 5. The average molecular weight is 491 g/mol. The first-order valence-corrected chi connectivity index (χ1v) is 11.5. The molecule has 0 radical (unpaired) electrons. The minimum atomic E-state index is -4.39. The summed E-state index contributed by atoms with van der Waals surface area (Å²) in [5, 5.41) is 15.2. The SMILES string of the molecule is Cc1ccc(-n2nnnc2SCC(=O)Nc2ncc(Cc3cccc(C(F)(F)F)c3)s2)cc1. The van der Waals surface area contributed by atoms with Gasteiger partial charge in [-0.2, -0.15) is 17.9 Å². The van der Waals surface area contributed by atoms with Crippen LogP contribution in [0.15, 0.2) is 59.9 Å². The molecule has 0 aliphatic heterocycles. The van der Waals surface area contributed by atoms with Crippen molar-refractivity contribution in [1.29, 1.82) is 0 Å². The van der Waals surface area contributed by atoms with Crippen LogP contribution in [-0.4, -0.2) is 36.9 Å². The molecule has 2 aromatic carbocycles. The smallest absolute Gasteiger partial charge is 0.301 e. The normalized spacial score (nSPS) is 11.5. The maximum atomic E-state index is 12.9. The number of anilines is 1. The number of tetrazole rings is 1. The Balaban J connectivity index is 1.34. The van der Waals surface area contributed by atoms with Crippen LogP contribution >= 0.6 is 23.1 Å². The van der Waals surface area contributed by atoms with E-state index in [9.17, 15) is 18.0 Å². The molecule has 7 nitrogen and oxygen atoms in total. The number of alkyl halides is 3. The van der Waals surface area contributed by atoms with E-state index in [-0.39, 0.29) is 18.1 Å². The van der Waals surface area contributed by atoms with Gasteiger partial charge in [-0.05, 0) is 41.1 Å². The van der Waals surface area contributed by atoms with Crippen LogP contribution < -0.4 is 5.32 Å². The second-order valence-corrected chi connectivity index (χ2v) is 9.11. The molecule has 1 amide bonds. The Kier molecular flexibility index (Phi) is 6.75. The Morgan fingerprint density at radius 3 is 2.73 bits per heavy atom. The summed E-state index contributed by atoms with van der Waals surface area (Å²) in [7, 11) is 0. The lowest BCUT2D eigenvalue weighted by molar-refractivity contribution is -0.137. The fourth-order valence-corrected chi connectivity index (χ4v) is 4.46. The molecule has 0 aliphatic rings. The van der Waals surface area contributed by atoms with E-state index in [0.717, 1.165) is 28.3 Å². The van der Waals surface area contributed by atoms with Crippen molar-refractivity contribution in [2.24, 2.45) is 0 Å². The quantitative estimate of drug-likeness (QED) is 0.376. The monoisotopic (exact) mass is 490 g/mol. The van der Waals surface area contributed by atoms with Gasteiger partial charge in [0.05, 0.1) is 17.0 Å². The minimum Gasteiger partial charge on any atom is -0.301 e. The lowest BCUT2D eigenvalue weighted by Gasteiger charge is -2.07. The van der Waals surface area contributed by atoms with Gasteiger partial charge in [-0.15, -0.1) is 16.4 Å². The van der Waals surface area contributed by atoms with Gasteiger partial charge in [-0.1, -0.05) is 47.7 Å². The third kappa shape index (κ3) is 5.96. The van der Waals surface area contributed by atoms with E-state index in [1.165, 1.54) is 29.2 Å². The second kappa shape index (κ2) is 9.71. The van der Waals surface area contributed by atoms with E-state index in [4.69, 9.17) is 0 Å². The molecule has 0 saturated carbocycles. The molecule has 2 heterocycles. The third-order valence-corrected chi connectivity index (χ3v) is 6.32. The Labute approximate surface area is 195 Å². The summed E-state index contributed by atoms with van der Waals surface area (Å²) in [5.41, 5.74) is 1.72. The molecule has 0 fully saturated rings. The van der Waals surface area contributed by atoms with E-state index in [2.05, 4.69) is 25.8 Å². The Morgan fingerprint density at radius 2 is 1.97 bits per heavy atom. The standard InChI is InChI=1S/C21H17F3N6OS2/c1-13-5-7-16(8-6-13)30-20(27-28-29-30)32-12-18(31)26-19-25-11-17(33-19)10-14-3-2-4-15(9-14)21(22,23)24/h2-9,11H,10,12H2,1H3,(H,25,26,31). The number of benzene rings is 2. The van der Waals surface area contributed by atoms with Crippen LogP contribution in [0.5, 0.6) is 0 Å². The van der Waals surface area contributed by atoms with Crippen LogP contribution in [-0.2, 0) is 17.4 Å². The molecule has 0 atom stereocenters. The summed E-state index contributed by atoms with van der Waals surface area (Å²) in [6.07, 6.45) is -2.55. The average Bonchev–Trinajstić information content (AvgIpc) is 3.42. The number of carbonyl (C=O) groups is 1. The van der Waals surface area contributed by atoms with Gasteiger partial charge in [-0.25, -0.2) is 4.98 Å². The number of amides is 1. The summed E-state index contributed by atoms with van der Waals surface area (Å²) in [4.78, 5) is 17.2. The van der Waals surface area contributed by atoms with Crippen molar-refractivity contribution >= 4 is 34.1 Å². The second-order valence-electron chi connectivity index (χ2n) is 7.05. The molecule has 170 valence electrons. The molecule has 0 saturated heterocycles. The summed E-state index contributed by atoms with van der Waals surface area (Å²) >= 11 is 2.39. The van der Waals surface area contributed by atoms with Crippen molar-refractivity contribution in [3.8, 4) is 5.69 Å². The van der Waals surface area contributed by atoms with Crippen molar-refractivity contribution < 1.29 is 18.0 Å². The first kappa shape index (κ1) is 22.9. The molecular weight excluding hydrogens is 473 g/mol. The summed E-state index contributed by atoms with van der Waals surface area (Å²) in [6, 6.07) is 12.8. The molecule has 0 spiro atoms. The van der Waals surface area contributed by atoms with Crippen LogP contribution in [0.4, 0.5) is 18.3 Å². The highest BCUT2D eigenvalue weighted by molar-refractivity contribution is 7.99. The third-order valence-electron chi connectivity index (χ3n) is 4.48. The van der Waals surface area contributed by atoms with Gasteiger partial charge in [0.1, 0.15) is 0 Å². The predicted molar refractivity (Wildman–Crippen MR) is 120 cm³/mol. The van der Waals surface area contributed by atoms with E-state index in [1.54, 1.807) is 16.9 Å². The van der Waals surface area contributed by atoms with E-state index in [1.807, 2.05) is 31.2 Å². The lowest BCUT2D eigenvalue weighted by atomic mass is 10.1. The summed E-state index contributed by atoms with van der Waals surface area (Å²) in [5.74, 6) is -0.229. The topological polar surface area (TPSA) is 85.6 Å². The number of aryl methyl sites for hydroxylation is 1. The van der Waals surface area contributed by atoms with Gasteiger partial charge >= 0.3 is 6.18 Å². The molecule has 12 heteroatoms. The number of aromatic nitrogens is 5. The molecule has 0 unspecified atom stereocenters. The number of hydrogen-bond donors (Lipinski definition) is 1. The number of thiazole rings is 1. The minimum absolute atomic E-state index is 0.0643. The Bertz CT molecular complexity index is 1250. The molecule has 0 bridgehead atoms. The van der Waals surface area contributed by atoms with E-state index >= 15 is 0 Å². The Morgan fingerprint density at radius 1 is 1.18 bits per heavy atom. The molecule has 0 aliphatic carbocycles. The first-order chi connectivity index (χ1) is 15.8. The van der Waals surface area contributed by atoms with Crippen LogP contribution in [0.2, 0.25) is 0 Å². The van der Waals surface area contributed by atoms with Gasteiger partial charge in [0.25, 0.3) is 0 Å². The summed E-state index contributed by atoms with van der Waals surface area (Å²) < 4.78 is 40.2. The summed E-state index contributed by atoms with van der Waals surface area (Å²) in [6.45, 7) is 1.98. The number of rotatable bonds is 7. The zero-order chi connectivity index (χ0) is 23.4. The number of carbonyl (C=O) groups excluding carboxylic acids is 1. The number of thioether (sulfide) groups is 1. The van der Waals surface area contributed by atoms with Crippen molar-refractivity contribution in [2.75, 3.05) is 11.1 Å². The van der Waals surface area contributed by atoms with Crippen LogP contribution in [0, 0.1) is 6.92 Å². The maximum Gasteiger partial charge on any atom is 0.416 e. The zero-order valence-electron chi connectivity index (χ0n) is 17.2. The number of hydrogen-bond acceptors (Lipinski definition) is 7. The van der Waals surface area contributed by atoms with Crippen molar-refractivity contribution in [3.05, 3.63) is 76.3 Å². The van der Waals surface area contributed by atoms with Gasteiger partial charge < -0.3 is 5.32 Å². The fourth-order valence-electron chi connectivity index (χ4n) is 2.91. The molecule has 4 aromatic rings. The van der Waals surface area contributed by atoms with E-state index < -0.39 is 11.7 Å². The van der Waals surface area contributed by atoms with Crippen molar-refractivity contribution in [2.45, 2.75) is 24.7 Å². The zero-order valence-corrected chi connectivity index (χ0v) is 18.8. The van der Waals surface area contributed by atoms with Crippen molar-refractivity contribution in [3.63, 3.8) is 0 Å². The lowest BCUT2D eigenvalue weighted by Crippen LogP contribution is -2.14. The number of nitrogens with one attached hydrogen (secondary N) is 1. The van der Waals surface area contributed by atoms with Gasteiger partial charge in [0, 0.05) is 17.5 Å². The van der Waals surface area contributed by atoms with E-state index in [0.29, 0.717) is 15.9 Å². The van der Waals surface area contributed by atoms with Gasteiger partial charge in [0.2, 0.25) is 11.1 Å². The highest BCUT2D eigenvalue weighted by Gasteiger charge is 2.30.